The van der Waals surface area contributed by atoms with Crippen LogP contribution in [0.5, 0.6) is 0 Å². The molecule has 1 aliphatic rings. The van der Waals surface area contributed by atoms with Crippen molar-refractivity contribution in [3.8, 4) is 0 Å². The van der Waals surface area contributed by atoms with Crippen LogP contribution in [0.3, 0.4) is 0 Å². The van der Waals surface area contributed by atoms with Gasteiger partial charge in [0.25, 0.3) is 5.91 Å². The highest BCUT2D eigenvalue weighted by atomic mass is 32.2. The van der Waals surface area contributed by atoms with Crippen LogP contribution in [-0.2, 0) is 35.8 Å². The number of esters is 1. The predicted molar refractivity (Wildman–Crippen MR) is 93.6 cm³/mol. The summed E-state index contributed by atoms with van der Waals surface area (Å²) in [5.74, 6) is -1.91. The van der Waals surface area contributed by atoms with E-state index in [1.54, 1.807) is 30.3 Å². The van der Waals surface area contributed by atoms with Crippen molar-refractivity contribution in [1.82, 2.24) is 9.62 Å². The van der Waals surface area contributed by atoms with Gasteiger partial charge in [-0.25, -0.2) is 4.31 Å². The van der Waals surface area contributed by atoms with Crippen molar-refractivity contribution in [3.63, 3.8) is 0 Å². The van der Waals surface area contributed by atoms with E-state index in [0.717, 1.165) is 17.3 Å². The van der Waals surface area contributed by atoms with E-state index in [4.69, 9.17) is 0 Å². The summed E-state index contributed by atoms with van der Waals surface area (Å²) in [6.45, 7) is 0. The van der Waals surface area contributed by atoms with E-state index in [1.807, 2.05) is 0 Å². The van der Waals surface area contributed by atoms with E-state index >= 15 is 0 Å². The first kappa shape index (κ1) is 20.2. The average molecular weight is 402 g/mol. The molecule has 1 saturated heterocycles. The molecule has 1 heterocycles. The fraction of sp³-hybridized carbons (Fsp3) is 0.400. The molecule has 0 spiro atoms. The van der Waals surface area contributed by atoms with Crippen molar-refractivity contribution >= 4 is 39.8 Å². The molecule has 2 atom stereocenters. The van der Waals surface area contributed by atoms with Crippen LogP contribution >= 0.6 is 11.8 Å². The van der Waals surface area contributed by atoms with Gasteiger partial charge in [0.15, 0.2) is 0 Å². The first-order valence-electron chi connectivity index (χ1n) is 7.52. The molecule has 2 rings (SSSR count). The van der Waals surface area contributed by atoms with Crippen molar-refractivity contribution in [3.05, 3.63) is 35.9 Å². The fourth-order valence-electron chi connectivity index (χ4n) is 2.45. The highest BCUT2D eigenvalue weighted by molar-refractivity contribution is 8.00. The fourth-order valence-corrected chi connectivity index (χ4v) is 4.41. The third-order valence-electron chi connectivity index (χ3n) is 3.68. The van der Waals surface area contributed by atoms with Crippen molar-refractivity contribution < 1.29 is 32.1 Å². The number of nitrogens with zero attached hydrogens (tertiary/aromatic N) is 1. The van der Waals surface area contributed by atoms with E-state index in [0.29, 0.717) is 4.31 Å². The minimum absolute atomic E-state index is 0.0247. The van der Waals surface area contributed by atoms with Crippen LogP contribution < -0.4 is 5.32 Å². The van der Waals surface area contributed by atoms with Crippen LogP contribution in [0.15, 0.2) is 30.3 Å². The molecule has 2 amide bonds. The maximum atomic E-state index is 12.1. The maximum Gasteiger partial charge on any atom is 0.362 e. The zero-order chi connectivity index (χ0) is 19.3. The van der Waals surface area contributed by atoms with E-state index in [-0.39, 0.29) is 17.9 Å². The number of benzene rings is 1. The largest absolute Gasteiger partial charge is 0.468 e. The molecule has 1 aliphatic heterocycles. The van der Waals surface area contributed by atoms with Crippen molar-refractivity contribution in [2.24, 2.45) is 0 Å². The van der Waals surface area contributed by atoms with Crippen LogP contribution in [0, 0.1) is 0 Å². The third kappa shape index (κ3) is 4.96. The standard InChI is InChI=1S/C15H18N2O7S2/c1-24-13(19)9-25-8-11-14(15(20)17(11)26(21,22)23)16-12(18)7-10-5-3-2-4-6-10/h2-6,11,14H,7-9H2,1H3,(H,16,18)(H,21,22,23). The molecule has 0 saturated carbocycles. The van der Waals surface area contributed by atoms with E-state index in [2.05, 4.69) is 10.1 Å². The van der Waals surface area contributed by atoms with Crippen molar-refractivity contribution in [2.45, 2.75) is 18.5 Å². The molecule has 0 bridgehead atoms. The number of nitrogens with one attached hydrogen (secondary N) is 1. The number of carbonyl (C=O) groups excluding carboxylic acids is 3. The summed E-state index contributed by atoms with van der Waals surface area (Å²) in [6, 6.07) is 6.76. The van der Waals surface area contributed by atoms with Crippen molar-refractivity contribution in [1.29, 1.82) is 0 Å². The number of β-lactam (4-membered cyclic amide) rings is 1. The lowest BCUT2D eigenvalue weighted by Gasteiger charge is -2.44. The highest BCUT2D eigenvalue weighted by Gasteiger charge is 2.53. The Bertz CT molecular complexity index is 782. The quantitative estimate of drug-likeness (QED) is 0.342. The lowest BCUT2D eigenvalue weighted by molar-refractivity contribution is -0.144. The Morgan fingerprint density at radius 2 is 1.96 bits per heavy atom. The van der Waals surface area contributed by atoms with Gasteiger partial charge in [0, 0.05) is 5.75 Å². The highest BCUT2D eigenvalue weighted by Crippen LogP contribution is 2.27. The van der Waals surface area contributed by atoms with Gasteiger partial charge in [-0.15, -0.1) is 11.8 Å². The molecule has 9 nitrogen and oxygen atoms in total. The second-order valence-electron chi connectivity index (χ2n) is 5.48. The smallest absolute Gasteiger partial charge is 0.362 e. The summed E-state index contributed by atoms with van der Waals surface area (Å²) in [5.41, 5.74) is 0.736. The molecule has 2 unspecified atom stereocenters. The molecule has 1 aromatic rings. The second kappa shape index (κ2) is 8.52. The normalized spacial score (nSPS) is 19.6. The van der Waals surface area contributed by atoms with Crippen LogP contribution in [0.1, 0.15) is 5.56 Å². The van der Waals surface area contributed by atoms with E-state index < -0.39 is 40.2 Å². The number of hydrogen-bond acceptors (Lipinski definition) is 7. The van der Waals surface area contributed by atoms with Crippen LogP contribution in [0.4, 0.5) is 0 Å². The van der Waals surface area contributed by atoms with Crippen LogP contribution in [0.2, 0.25) is 0 Å². The first-order chi connectivity index (χ1) is 12.2. The molecule has 0 aromatic heterocycles. The molecule has 11 heteroatoms. The molecule has 1 aromatic carbocycles. The summed E-state index contributed by atoms with van der Waals surface area (Å²) in [7, 11) is -3.53. The van der Waals surface area contributed by atoms with E-state index in [9.17, 15) is 27.4 Å². The lowest BCUT2D eigenvalue weighted by Crippen LogP contribution is -2.72. The number of thioether (sulfide) groups is 1. The zero-order valence-electron chi connectivity index (χ0n) is 13.8. The first-order valence-corrected chi connectivity index (χ1v) is 10.1. The van der Waals surface area contributed by atoms with Gasteiger partial charge < -0.3 is 10.1 Å². The summed E-state index contributed by atoms with van der Waals surface area (Å²) >= 11 is 1.03. The van der Waals surface area contributed by atoms with Gasteiger partial charge in [-0.05, 0) is 5.56 Å². The van der Waals surface area contributed by atoms with Crippen LogP contribution in [-0.4, -0.2) is 65.8 Å². The maximum absolute atomic E-state index is 12.1. The Morgan fingerprint density at radius 1 is 1.31 bits per heavy atom. The molecule has 0 radical (unpaired) electrons. The SMILES string of the molecule is COC(=O)CSCC1C(NC(=O)Cc2ccccc2)C(=O)N1S(=O)(=O)O. The molecule has 26 heavy (non-hydrogen) atoms. The third-order valence-corrected chi connectivity index (χ3v) is 5.64. The van der Waals surface area contributed by atoms with Gasteiger partial charge in [0.1, 0.15) is 6.04 Å². The topological polar surface area (TPSA) is 130 Å². The number of methoxy groups -OCH3 is 1. The van der Waals surface area contributed by atoms with Crippen LogP contribution in [0.25, 0.3) is 0 Å². The average Bonchev–Trinajstić information content (AvgIpc) is 2.58. The monoisotopic (exact) mass is 402 g/mol. The predicted octanol–water partition coefficient (Wildman–Crippen LogP) is -0.366. The summed E-state index contributed by atoms with van der Waals surface area (Å²) < 4.78 is 36.7. The molecular weight excluding hydrogens is 384 g/mol. The lowest BCUT2D eigenvalue weighted by atomic mass is 10.00. The van der Waals surface area contributed by atoms with Gasteiger partial charge in [0.05, 0.1) is 25.3 Å². The molecular formula is C15H18N2O7S2. The van der Waals surface area contributed by atoms with Gasteiger partial charge in [-0.1, -0.05) is 30.3 Å². The van der Waals surface area contributed by atoms with Crippen molar-refractivity contribution in [2.75, 3.05) is 18.6 Å². The Kier molecular flexibility index (Phi) is 6.62. The Labute approximate surface area is 155 Å². The molecule has 0 aliphatic carbocycles. The Morgan fingerprint density at radius 3 is 2.54 bits per heavy atom. The van der Waals surface area contributed by atoms with Gasteiger partial charge in [-0.3, -0.25) is 18.9 Å². The molecule has 1 fully saturated rings. The minimum Gasteiger partial charge on any atom is -0.468 e. The summed E-state index contributed by atoms with van der Waals surface area (Å²) in [4.78, 5) is 35.3. The molecule has 2 N–H and O–H groups in total. The van der Waals surface area contributed by atoms with Gasteiger partial charge in [0.2, 0.25) is 5.91 Å². The number of carbonyl (C=O) groups is 3. The number of ether oxygens (including phenoxy) is 1. The molecule has 142 valence electrons. The number of amides is 2. The minimum atomic E-state index is -4.75. The van der Waals surface area contributed by atoms with E-state index in [1.165, 1.54) is 7.11 Å². The Balaban J connectivity index is 2.01. The summed E-state index contributed by atoms with van der Waals surface area (Å²) in [5, 5.41) is 2.48. The van der Waals surface area contributed by atoms with Gasteiger partial charge >= 0.3 is 16.3 Å². The Hall–Kier alpha value is -2.11. The zero-order valence-corrected chi connectivity index (χ0v) is 15.5. The van der Waals surface area contributed by atoms with Gasteiger partial charge in [-0.2, -0.15) is 8.42 Å². The second-order valence-corrected chi connectivity index (χ2v) is 7.80. The summed E-state index contributed by atoms with van der Waals surface area (Å²) in [6.07, 6.45) is 0.0263. The number of rotatable bonds is 8. The number of hydrogen-bond donors (Lipinski definition) is 2.